The predicted molar refractivity (Wildman–Crippen MR) is 69.4 cm³/mol. The fraction of sp³-hybridized carbons (Fsp3) is 0.462. The second-order valence-corrected chi connectivity index (χ2v) is 4.36. The maximum absolute atomic E-state index is 11.1. The molecule has 0 aliphatic carbocycles. The quantitative estimate of drug-likeness (QED) is 0.758. The third kappa shape index (κ3) is 5.47. The van der Waals surface area contributed by atoms with E-state index in [-0.39, 0.29) is 18.5 Å². The zero-order valence-electron chi connectivity index (χ0n) is 10.5. The average Bonchev–Trinajstić information content (AvgIpc) is 2.29. The van der Waals surface area contributed by atoms with Crippen molar-refractivity contribution in [3.8, 4) is 0 Å². The Morgan fingerprint density at radius 1 is 1.41 bits per heavy atom. The van der Waals surface area contributed by atoms with Crippen LogP contribution < -0.4 is 11.1 Å². The molecule has 1 amide bonds. The van der Waals surface area contributed by atoms with Crippen LogP contribution in [0.3, 0.4) is 0 Å². The molecule has 94 valence electrons. The lowest BCUT2D eigenvalue weighted by atomic mass is 10.2. The zero-order chi connectivity index (χ0) is 12.7. The molecule has 17 heavy (non-hydrogen) atoms. The molecule has 0 fully saturated rings. The van der Waals surface area contributed by atoms with Crippen LogP contribution in [0.1, 0.15) is 12.5 Å². The van der Waals surface area contributed by atoms with Crippen LogP contribution in [0.25, 0.3) is 0 Å². The Morgan fingerprint density at radius 2 is 2.06 bits per heavy atom. The standard InChI is InChI=1S/C13H21N3O/c1-11(15-13(17)8-14)9-16(2)10-12-6-4-3-5-7-12/h3-7,11H,8-10,14H2,1-2H3,(H,15,17). The maximum Gasteiger partial charge on any atom is 0.233 e. The van der Waals surface area contributed by atoms with Gasteiger partial charge in [0.05, 0.1) is 6.54 Å². The second kappa shape index (κ2) is 7.04. The second-order valence-electron chi connectivity index (χ2n) is 4.36. The van der Waals surface area contributed by atoms with Gasteiger partial charge in [-0.25, -0.2) is 0 Å². The van der Waals surface area contributed by atoms with Gasteiger partial charge in [0.15, 0.2) is 0 Å². The first-order valence-corrected chi connectivity index (χ1v) is 5.83. The third-order valence-corrected chi connectivity index (χ3v) is 2.47. The van der Waals surface area contributed by atoms with E-state index in [4.69, 9.17) is 5.73 Å². The van der Waals surface area contributed by atoms with E-state index >= 15 is 0 Å². The fourth-order valence-electron chi connectivity index (χ4n) is 1.81. The van der Waals surface area contributed by atoms with Gasteiger partial charge < -0.3 is 16.0 Å². The van der Waals surface area contributed by atoms with Gasteiger partial charge in [0.1, 0.15) is 0 Å². The summed E-state index contributed by atoms with van der Waals surface area (Å²) in [6.07, 6.45) is 0. The molecule has 3 N–H and O–H groups in total. The normalized spacial score (nSPS) is 12.5. The van der Waals surface area contributed by atoms with Crippen molar-refractivity contribution in [1.29, 1.82) is 0 Å². The lowest BCUT2D eigenvalue weighted by Gasteiger charge is -2.22. The minimum Gasteiger partial charge on any atom is -0.351 e. The van der Waals surface area contributed by atoms with Gasteiger partial charge in [-0.3, -0.25) is 4.79 Å². The van der Waals surface area contributed by atoms with Gasteiger partial charge in [0.25, 0.3) is 0 Å². The fourth-order valence-corrected chi connectivity index (χ4v) is 1.81. The molecule has 0 radical (unpaired) electrons. The molecule has 1 aromatic carbocycles. The van der Waals surface area contributed by atoms with Crippen LogP contribution in [-0.4, -0.2) is 37.0 Å². The molecule has 0 spiro atoms. The number of rotatable bonds is 6. The summed E-state index contributed by atoms with van der Waals surface area (Å²) in [7, 11) is 2.04. The number of hydrogen-bond acceptors (Lipinski definition) is 3. The van der Waals surface area contributed by atoms with Crippen molar-refractivity contribution in [3.63, 3.8) is 0 Å². The Labute approximate surface area is 103 Å². The summed E-state index contributed by atoms with van der Waals surface area (Å²) >= 11 is 0. The minimum atomic E-state index is -0.106. The largest absolute Gasteiger partial charge is 0.351 e. The molecule has 1 aromatic rings. The van der Waals surface area contributed by atoms with Crippen molar-refractivity contribution in [2.45, 2.75) is 19.5 Å². The lowest BCUT2D eigenvalue weighted by Crippen LogP contribution is -2.42. The molecule has 1 atom stereocenters. The molecule has 0 bridgehead atoms. The molecule has 0 saturated heterocycles. The first kappa shape index (κ1) is 13.7. The van der Waals surface area contributed by atoms with E-state index < -0.39 is 0 Å². The van der Waals surface area contributed by atoms with Crippen molar-refractivity contribution in [3.05, 3.63) is 35.9 Å². The number of nitrogens with two attached hydrogens (primary N) is 1. The number of nitrogens with zero attached hydrogens (tertiary/aromatic N) is 1. The van der Waals surface area contributed by atoms with Crippen molar-refractivity contribution >= 4 is 5.91 Å². The smallest absolute Gasteiger partial charge is 0.233 e. The van der Waals surface area contributed by atoms with Gasteiger partial charge >= 0.3 is 0 Å². The molecule has 0 aromatic heterocycles. The van der Waals surface area contributed by atoms with Crippen LogP contribution in [0.15, 0.2) is 30.3 Å². The first-order valence-electron chi connectivity index (χ1n) is 5.83. The lowest BCUT2D eigenvalue weighted by molar-refractivity contribution is -0.120. The highest BCUT2D eigenvalue weighted by atomic mass is 16.1. The molecular weight excluding hydrogens is 214 g/mol. The summed E-state index contributed by atoms with van der Waals surface area (Å²) in [6, 6.07) is 10.4. The summed E-state index contributed by atoms with van der Waals surface area (Å²) in [6.45, 7) is 3.71. The number of hydrogen-bond donors (Lipinski definition) is 2. The molecule has 0 heterocycles. The first-order chi connectivity index (χ1) is 8.11. The predicted octanol–water partition coefficient (Wildman–Crippen LogP) is 0.582. The van der Waals surface area contributed by atoms with Crippen molar-refractivity contribution in [2.75, 3.05) is 20.1 Å². The third-order valence-electron chi connectivity index (χ3n) is 2.47. The summed E-state index contributed by atoms with van der Waals surface area (Å²) in [5, 5.41) is 2.84. The molecule has 0 saturated carbocycles. The van der Waals surface area contributed by atoms with E-state index in [1.807, 2.05) is 32.2 Å². The average molecular weight is 235 g/mol. The monoisotopic (exact) mass is 235 g/mol. The minimum absolute atomic E-state index is 0.0484. The van der Waals surface area contributed by atoms with Crippen LogP contribution in [0, 0.1) is 0 Å². The van der Waals surface area contributed by atoms with Crippen molar-refractivity contribution in [1.82, 2.24) is 10.2 Å². The van der Waals surface area contributed by atoms with E-state index in [9.17, 15) is 4.79 Å². The molecule has 0 aliphatic rings. The van der Waals surface area contributed by atoms with E-state index in [0.717, 1.165) is 13.1 Å². The van der Waals surface area contributed by atoms with Crippen LogP contribution in [0.2, 0.25) is 0 Å². The van der Waals surface area contributed by atoms with Crippen LogP contribution in [0.5, 0.6) is 0 Å². The Kier molecular flexibility index (Phi) is 5.66. The van der Waals surface area contributed by atoms with Crippen molar-refractivity contribution < 1.29 is 4.79 Å². The highest BCUT2D eigenvalue weighted by Gasteiger charge is 2.08. The number of amides is 1. The van der Waals surface area contributed by atoms with Gasteiger partial charge in [-0.05, 0) is 19.5 Å². The summed E-state index contributed by atoms with van der Waals surface area (Å²) in [4.78, 5) is 13.3. The molecule has 4 heteroatoms. The highest BCUT2D eigenvalue weighted by molar-refractivity contribution is 5.78. The van der Waals surface area contributed by atoms with E-state index in [1.54, 1.807) is 0 Å². The van der Waals surface area contributed by atoms with E-state index in [0.29, 0.717) is 0 Å². The summed E-state index contributed by atoms with van der Waals surface area (Å²) in [5.41, 5.74) is 6.52. The molecular formula is C13H21N3O. The number of likely N-dealkylation sites (N-methyl/N-ethyl adjacent to an activating group) is 1. The SMILES string of the molecule is CC(CN(C)Cc1ccccc1)NC(=O)CN. The van der Waals surface area contributed by atoms with Crippen LogP contribution >= 0.6 is 0 Å². The van der Waals surface area contributed by atoms with Crippen molar-refractivity contribution in [2.24, 2.45) is 5.73 Å². The van der Waals surface area contributed by atoms with Crippen LogP contribution in [-0.2, 0) is 11.3 Å². The van der Waals surface area contributed by atoms with Gasteiger partial charge in [0.2, 0.25) is 5.91 Å². The summed E-state index contributed by atoms with van der Waals surface area (Å²) in [5.74, 6) is -0.106. The summed E-state index contributed by atoms with van der Waals surface area (Å²) < 4.78 is 0. The van der Waals surface area contributed by atoms with Crippen LogP contribution in [0.4, 0.5) is 0 Å². The Balaban J connectivity index is 2.34. The van der Waals surface area contributed by atoms with E-state index in [2.05, 4.69) is 22.3 Å². The Morgan fingerprint density at radius 3 is 2.65 bits per heavy atom. The number of nitrogens with one attached hydrogen (secondary N) is 1. The topological polar surface area (TPSA) is 58.4 Å². The Bertz CT molecular complexity index is 340. The molecule has 0 aliphatic heterocycles. The number of carbonyl (C=O) groups is 1. The number of carbonyl (C=O) groups excluding carboxylic acids is 1. The Hall–Kier alpha value is -1.39. The van der Waals surface area contributed by atoms with Gasteiger partial charge in [0, 0.05) is 19.1 Å². The number of benzene rings is 1. The molecule has 1 rings (SSSR count). The molecule has 4 nitrogen and oxygen atoms in total. The molecule has 1 unspecified atom stereocenters. The van der Waals surface area contributed by atoms with Gasteiger partial charge in [-0.1, -0.05) is 30.3 Å². The van der Waals surface area contributed by atoms with E-state index in [1.165, 1.54) is 5.56 Å². The zero-order valence-corrected chi connectivity index (χ0v) is 10.5. The highest BCUT2D eigenvalue weighted by Crippen LogP contribution is 2.02. The maximum atomic E-state index is 11.1. The van der Waals surface area contributed by atoms with Gasteiger partial charge in [-0.2, -0.15) is 0 Å². The van der Waals surface area contributed by atoms with Gasteiger partial charge in [-0.15, -0.1) is 0 Å².